The molecule has 1 N–H and O–H groups in total. The molecule has 0 amide bonds. The number of hydrogen-bond acceptors (Lipinski definition) is 5. The van der Waals surface area contributed by atoms with E-state index >= 15 is 0 Å². The summed E-state index contributed by atoms with van der Waals surface area (Å²) < 4.78 is 10.7. The number of para-hydroxylation sites is 1. The van der Waals surface area contributed by atoms with E-state index in [0.717, 1.165) is 0 Å². The molecule has 130 valence electrons. The van der Waals surface area contributed by atoms with Gasteiger partial charge in [-0.2, -0.15) is 0 Å². The number of carbonyl (C=O) groups excluding carboxylic acids is 2. The van der Waals surface area contributed by atoms with Crippen molar-refractivity contribution in [1.29, 1.82) is 0 Å². The smallest absolute Gasteiger partial charge is 0.345 e. The van der Waals surface area contributed by atoms with Gasteiger partial charge in [-0.1, -0.05) is 42.0 Å². The van der Waals surface area contributed by atoms with Crippen LogP contribution in [-0.2, 0) is 14.3 Å². The van der Waals surface area contributed by atoms with Crippen molar-refractivity contribution in [2.45, 2.75) is 24.5 Å². The topological polar surface area (TPSA) is 72.8 Å². The quantitative estimate of drug-likeness (QED) is 0.661. The zero-order valence-electron chi connectivity index (χ0n) is 13.9. The van der Waals surface area contributed by atoms with E-state index < -0.39 is 23.5 Å². The number of rotatable bonds is 4. The van der Waals surface area contributed by atoms with E-state index in [1.54, 1.807) is 30.3 Å². The highest BCUT2D eigenvalue weighted by atomic mass is 16.6. The van der Waals surface area contributed by atoms with Crippen molar-refractivity contribution in [2.75, 3.05) is 6.61 Å². The van der Waals surface area contributed by atoms with Gasteiger partial charge in [0.2, 0.25) is 5.78 Å². The van der Waals surface area contributed by atoms with Gasteiger partial charge in [0.1, 0.15) is 5.75 Å². The van der Waals surface area contributed by atoms with E-state index in [1.165, 1.54) is 12.2 Å². The van der Waals surface area contributed by atoms with Crippen LogP contribution in [0.3, 0.4) is 0 Å². The van der Waals surface area contributed by atoms with Crippen LogP contribution in [0.2, 0.25) is 0 Å². The Labute approximate surface area is 151 Å². The van der Waals surface area contributed by atoms with Crippen LogP contribution in [0.1, 0.15) is 12.8 Å². The molecular formula is C21H16O5. The van der Waals surface area contributed by atoms with E-state index in [0.29, 0.717) is 12.2 Å². The zero-order valence-corrected chi connectivity index (χ0v) is 13.9. The maximum absolute atomic E-state index is 12.6. The van der Waals surface area contributed by atoms with Gasteiger partial charge in [0.25, 0.3) is 0 Å². The number of hydrogen-bond donors (Lipinski definition) is 1. The first kappa shape index (κ1) is 17.5. The number of ketones is 1. The number of Topliss-reactive ketones (excluding diaryl/α,β-unsaturated/α-hetero) is 1. The predicted octanol–water partition coefficient (Wildman–Crippen LogP) is 1.57. The monoisotopic (exact) mass is 348 g/mol. The van der Waals surface area contributed by atoms with E-state index in [4.69, 9.17) is 9.47 Å². The summed E-state index contributed by atoms with van der Waals surface area (Å²) in [7, 11) is 0. The number of esters is 1. The van der Waals surface area contributed by atoms with Gasteiger partial charge in [0.15, 0.2) is 18.3 Å². The van der Waals surface area contributed by atoms with E-state index in [2.05, 4.69) is 23.7 Å². The fourth-order valence-corrected chi connectivity index (χ4v) is 2.59. The third-order valence-electron chi connectivity index (χ3n) is 3.88. The average Bonchev–Trinajstić information content (AvgIpc) is 2.64. The zero-order chi connectivity index (χ0) is 18.4. The lowest BCUT2D eigenvalue weighted by molar-refractivity contribution is -0.148. The molecule has 2 aliphatic rings. The molecule has 2 aliphatic carbocycles. The Kier molecular flexibility index (Phi) is 5.22. The first-order valence-corrected chi connectivity index (χ1v) is 8.12. The number of allylic oxidation sites excluding steroid dienone is 3. The van der Waals surface area contributed by atoms with Gasteiger partial charge in [0, 0.05) is 5.57 Å². The normalized spacial score (nSPS) is 24.7. The molecule has 0 aromatic heterocycles. The van der Waals surface area contributed by atoms with Crippen LogP contribution < -0.4 is 4.74 Å². The Bertz CT molecular complexity index is 889. The number of benzene rings is 1. The molecule has 0 fully saturated rings. The third kappa shape index (κ3) is 4.03. The fourth-order valence-electron chi connectivity index (χ4n) is 2.59. The fraction of sp³-hybridized carbons (Fsp3) is 0.238. The molecular weight excluding hydrogens is 332 g/mol. The second-order valence-corrected chi connectivity index (χ2v) is 5.75. The van der Waals surface area contributed by atoms with Gasteiger partial charge in [-0.25, -0.2) is 4.79 Å². The molecule has 1 aromatic carbocycles. The van der Waals surface area contributed by atoms with Crippen LogP contribution in [0, 0.1) is 23.7 Å². The highest BCUT2D eigenvalue weighted by Gasteiger charge is 2.41. The van der Waals surface area contributed by atoms with Gasteiger partial charge in [-0.3, -0.25) is 4.79 Å². The molecule has 5 heteroatoms. The van der Waals surface area contributed by atoms with E-state index in [9.17, 15) is 14.7 Å². The van der Waals surface area contributed by atoms with Crippen LogP contribution in [0.25, 0.3) is 0 Å². The maximum Gasteiger partial charge on any atom is 0.345 e. The lowest BCUT2D eigenvalue weighted by Crippen LogP contribution is -2.43. The summed E-state index contributed by atoms with van der Waals surface area (Å²) in [5, 5.41) is 10.5. The predicted molar refractivity (Wildman–Crippen MR) is 93.8 cm³/mol. The summed E-state index contributed by atoms with van der Waals surface area (Å²) in [5.74, 6) is 9.88. The summed E-state index contributed by atoms with van der Waals surface area (Å²) >= 11 is 0. The molecule has 0 saturated carbocycles. The molecule has 0 radical (unpaired) electrons. The SMILES string of the molecule is O=C(COc1ccccc1)OC1C#C/C=C\C#CC2(O)CCC=C1C2=O. The highest BCUT2D eigenvalue weighted by molar-refractivity contribution is 6.06. The first-order chi connectivity index (χ1) is 12.6. The van der Waals surface area contributed by atoms with Crippen molar-refractivity contribution in [1.82, 2.24) is 0 Å². The number of carbonyl (C=O) groups is 2. The van der Waals surface area contributed by atoms with Crippen LogP contribution >= 0.6 is 0 Å². The van der Waals surface area contributed by atoms with Gasteiger partial charge in [-0.15, -0.1) is 0 Å². The lowest BCUT2D eigenvalue weighted by Gasteiger charge is -2.28. The highest BCUT2D eigenvalue weighted by Crippen LogP contribution is 2.27. The summed E-state index contributed by atoms with van der Waals surface area (Å²) in [4.78, 5) is 24.7. The largest absolute Gasteiger partial charge is 0.482 e. The lowest BCUT2D eigenvalue weighted by atomic mass is 9.81. The van der Waals surface area contributed by atoms with Crippen molar-refractivity contribution in [3.63, 3.8) is 0 Å². The molecule has 0 saturated heterocycles. The van der Waals surface area contributed by atoms with Crippen molar-refractivity contribution < 1.29 is 24.2 Å². The maximum atomic E-state index is 12.6. The van der Waals surface area contributed by atoms with E-state index in [-0.39, 0.29) is 18.6 Å². The Balaban J connectivity index is 1.75. The Hall–Kier alpha value is -3.28. The minimum Gasteiger partial charge on any atom is -0.482 e. The second kappa shape index (κ2) is 7.74. The molecule has 0 aliphatic heterocycles. The van der Waals surface area contributed by atoms with Crippen molar-refractivity contribution in [3.8, 4) is 29.4 Å². The number of fused-ring (bicyclic) bond motifs is 2. The summed E-state index contributed by atoms with van der Waals surface area (Å²) in [6.07, 6.45) is 4.11. The molecule has 2 bridgehead atoms. The number of ether oxygens (including phenoxy) is 2. The molecule has 1 aromatic rings. The molecule has 5 nitrogen and oxygen atoms in total. The van der Waals surface area contributed by atoms with Gasteiger partial charge in [0.05, 0.1) is 0 Å². The van der Waals surface area contributed by atoms with Crippen molar-refractivity contribution in [3.05, 3.63) is 54.1 Å². The molecule has 0 heterocycles. The van der Waals surface area contributed by atoms with Crippen LogP contribution in [0.15, 0.2) is 54.1 Å². The Morgan fingerprint density at radius 2 is 2.00 bits per heavy atom. The average molecular weight is 348 g/mol. The molecule has 2 unspecified atom stereocenters. The van der Waals surface area contributed by atoms with E-state index in [1.807, 2.05) is 6.07 Å². The van der Waals surface area contributed by atoms with Gasteiger partial charge >= 0.3 is 5.97 Å². The van der Waals surface area contributed by atoms with Crippen molar-refractivity contribution >= 4 is 11.8 Å². The standard InChI is InChI=1S/C21H16O5/c22-19(15-25-16-9-4-3-5-10-16)26-18-12-6-1-2-7-13-21(24)14-8-11-17(18)20(21)23/h1-5,9-11,18,24H,8,14-15H2/b2-1-. The third-order valence-corrected chi connectivity index (χ3v) is 3.88. The van der Waals surface area contributed by atoms with Crippen molar-refractivity contribution in [2.24, 2.45) is 0 Å². The minimum absolute atomic E-state index is 0.143. The minimum atomic E-state index is -1.78. The molecule has 3 rings (SSSR count). The number of aliphatic hydroxyl groups is 1. The summed E-state index contributed by atoms with van der Waals surface area (Å²) in [6, 6.07) is 8.83. The molecule has 2 atom stereocenters. The summed E-state index contributed by atoms with van der Waals surface area (Å²) in [6.45, 7) is -0.316. The van der Waals surface area contributed by atoms with Gasteiger partial charge in [-0.05, 0) is 43.0 Å². The molecule has 0 spiro atoms. The van der Waals surface area contributed by atoms with Crippen LogP contribution in [0.5, 0.6) is 5.75 Å². The Morgan fingerprint density at radius 1 is 1.23 bits per heavy atom. The second-order valence-electron chi connectivity index (χ2n) is 5.75. The first-order valence-electron chi connectivity index (χ1n) is 8.12. The summed E-state index contributed by atoms with van der Waals surface area (Å²) in [5.41, 5.74) is -1.64. The van der Waals surface area contributed by atoms with Gasteiger partial charge < -0.3 is 14.6 Å². The molecule has 26 heavy (non-hydrogen) atoms. The van der Waals surface area contributed by atoms with Crippen LogP contribution in [-0.4, -0.2) is 35.2 Å². The Morgan fingerprint density at radius 3 is 2.81 bits per heavy atom. The van der Waals surface area contributed by atoms with Crippen LogP contribution in [0.4, 0.5) is 0 Å².